The molecule has 0 spiro atoms. The zero-order chi connectivity index (χ0) is 24.7. The predicted molar refractivity (Wildman–Crippen MR) is 100 cm³/mol. The van der Waals surface area contributed by atoms with E-state index in [0.29, 0.717) is 10.8 Å². The van der Waals surface area contributed by atoms with E-state index in [2.05, 4.69) is 4.99 Å². The first-order valence-corrected chi connectivity index (χ1v) is 9.36. The summed E-state index contributed by atoms with van der Waals surface area (Å²) < 4.78 is 79.3. The number of alkyl halides is 3. The maximum Gasteiger partial charge on any atom is 0.417 e. The monoisotopic (exact) mass is 475 g/mol. The van der Waals surface area contributed by atoms with E-state index >= 15 is 0 Å². The minimum atomic E-state index is -4.90. The van der Waals surface area contributed by atoms with Crippen LogP contribution in [-0.2, 0) is 9.53 Å². The van der Waals surface area contributed by atoms with Crippen molar-refractivity contribution < 1.29 is 46.2 Å². The van der Waals surface area contributed by atoms with Crippen LogP contribution < -0.4 is 15.8 Å². The average Bonchev–Trinajstić information content (AvgIpc) is 3.10. The van der Waals surface area contributed by atoms with E-state index in [1.54, 1.807) is 0 Å². The summed E-state index contributed by atoms with van der Waals surface area (Å²) in [5, 5.41) is 9.36. The number of methoxy groups -OCH3 is 1. The van der Waals surface area contributed by atoms with Gasteiger partial charge in [-0.15, -0.1) is 0 Å². The van der Waals surface area contributed by atoms with E-state index in [9.17, 15) is 36.7 Å². The Morgan fingerprint density at radius 1 is 1.30 bits per heavy atom. The summed E-state index contributed by atoms with van der Waals surface area (Å²) in [6.07, 6.45) is -6.62. The lowest BCUT2D eigenvalue weighted by Gasteiger charge is -2.26. The molecule has 1 aromatic heterocycles. The normalized spacial score (nSPS) is 23.5. The van der Waals surface area contributed by atoms with E-state index in [1.807, 2.05) is 0 Å². The molecule has 13 heteroatoms. The summed E-state index contributed by atoms with van der Waals surface area (Å²) in [6, 6.07) is 3.74. The zero-order valence-electron chi connectivity index (χ0n) is 17.2. The first-order valence-electron chi connectivity index (χ1n) is 9.36. The molecule has 1 aromatic carbocycles. The van der Waals surface area contributed by atoms with Crippen LogP contribution in [0, 0.1) is 11.6 Å². The molecular weight excluding hydrogens is 457 g/mol. The van der Waals surface area contributed by atoms with E-state index in [-0.39, 0.29) is 10.9 Å². The molecule has 2 aromatic rings. The fraction of sp³-hybridized carbons (Fsp3) is 0.350. The molecule has 0 saturated carbocycles. The molecule has 1 saturated heterocycles. The first kappa shape index (κ1) is 24.2. The largest absolute Gasteiger partial charge is 0.493 e. The van der Waals surface area contributed by atoms with Gasteiger partial charge in [0.25, 0.3) is 11.8 Å². The van der Waals surface area contributed by atoms with E-state index in [0.717, 1.165) is 38.4 Å². The topological polar surface area (TPSA) is 116 Å². The van der Waals surface area contributed by atoms with Gasteiger partial charge in [0.15, 0.2) is 17.2 Å². The Balaban J connectivity index is 2.12. The Bertz CT molecular complexity index is 1180. The number of carbonyl (C=O) groups is 2. The molecule has 3 unspecified atom stereocenters. The molecule has 3 atom stereocenters. The van der Waals surface area contributed by atoms with Gasteiger partial charge in [0.1, 0.15) is 11.8 Å². The van der Waals surface area contributed by atoms with Crippen LogP contribution in [0.3, 0.4) is 0 Å². The molecule has 2 amide bonds. The van der Waals surface area contributed by atoms with Gasteiger partial charge in [0.2, 0.25) is 5.82 Å². The number of rotatable bonds is 4. The number of hydrogen-bond donors (Lipinski definition) is 2. The number of primary amides is 1. The van der Waals surface area contributed by atoms with Crippen molar-refractivity contribution in [3.63, 3.8) is 0 Å². The number of benzene rings is 1. The molecule has 1 aliphatic heterocycles. The maximum absolute atomic E-state index is 14.2. The van der Waals surface area contributed by atoms with Crippen molar-refractivity contribution in [2.24, 2.45) is 10.7 Å². The van der Waals surface area contributed by atoms with Gasteiger partial charge in [-0.05, 0) is 31.5 Å². The number of amides is 2. The molecule has 178 valence electrons. The van der Waals surface area contributed by atoms with Crippen molar-refractivity contribution in [1.29, 1.82) is 0 Å². The van der Waals surface area contributed by atoms with Crippen LogP contribution >= 0.6 is 0 Å². The van der Waals surface area contributed by atoms with Crippen LogP contribution in [0.5, 0.6) is 5.75 Å². The zero-order valence-corrected chi connectivity index (χ0v) is 17.2. The number of pyridine rings is 1. The Morgan fingerprint density at radius 3 is 2.55 bits per heavy atom. The fourth-order valence-corrected chi connectivity index (χ4v) is 3.59. The van der Waals surface area contributed by atoms with Crippen LogP contribution in [-0.4, -0.2) is 46.7 Å². The Hall–Kier alpha value is -3.48. The molecule has 1 fully saturated rings. The smallest absolute Gasteiger partial charge is 0.417 e. The first-order chi connectivity index (χ1) is 15.3. The number of carbonyl (C=O) groups excluding carboxylic acids is 2. The summed E-state index contributed by atoms with van der Waals surface area (Å²) in [5.41, 5.74) is 1.64. The predicted octanol–water partition coefficient (Wildman–Crippen LogP) is 2.43. The van der Waals surface area contributed by atoms with Crippen LogP contribution in [0.15, 0.2) is 35.5 Å². The van der Waals surface area contributed by atoms with E-state index < -0.39 is 65.1 Å². The van der Waals surface area contributed by atoms with Crippen LogP contribution in [0.2, 0.25) is 0 Å². The molecule has 3 rings (SSSR count). The van der Waals surface area contributed by atoms with Crippen LogP contribution in [0.1, 0.15) is 35.3 Å². The number of ether oxygens (including phenoxy) is 2. The third kappa shape index (κ3) is 4.40. The van der Waals surface area contributed by atoms with Gasteiger partial charge in [-0.2, -0.15) is 22.3 Å². The number of aromatic nitrogens is 1. The Kier molecular flexibility index (Phi) is 6.20. The minimum absolute atomic E-state index is 0.209. The number of hydrogen-bond acceptors (Lipinski definition) is 5. The van der Waals surface area contributed by atoms with Crippen molar-refractivity contribution >= 4 is 11.8 Å². The lowest BCUT2D eigenvalue weighted by atomic mass is 9.86. The number of halogens is 5. The second-order valence-electron chi connectivity index (χ2n) is 7.49. The second kappa shape index (κ2) is 8.46. The number of nitrogens with zero attached hydrogens (tertiary/aromatic N) is 2. The van der Waals surface area contributed by atoms with Crippen LogP contribution in [0.4, 0.5) is 22.0 Å². The van der Waals surface area contributed by atoms with Crippen molar-refractivity contribution in [3.8, 4) is 5.75 Å². The quantitative estimate of drug-likeness (QED) is 0.521. The van der Waals surface area contributed by atoms with Gasteiger partial charge in [0, 0.05) is 17.7 Å². The van der Waals surface area contributed by atoms with Crippen molar-refractivity contribution in [1.82, 2.24) is 4.73 Å². The average molecular weight is 475 g/mol. The standard InChI is InChI=1S/C20H18F5N3O5/c1-19(20(23,24)25)8-11(10-3-4-12(21)14(22)15(10)32-2)16(33-19)18(30)27-9-5-6-28(31)13(7-9)17(26)29/h3-7,11,16,31H,8H2,1-2H3,(H2,26,29). The lowest BCUT2D eigenvalue weighted by Crippen LogP contribution is -2.43. The van der Waals surface area contributed by atoms with Gasteiger partial charge in [-0.25, -0.2) is 9.38 Å². The fourth-order valence-electron chi connectivity index (χ4n) is 3.59. The van der Waals surface area contributed by atoms with Gasteiger partial charge in [0.05, 0.1) is 12.5 Å². The highest BCUT2D eigenvalue weighted by molar-refractivity contribution is 5.91. The molecule has 0 radical (unpaired) electrons. The minimum Gasteiger partial charge on any atom is -0.493 e. The van der Waals surface area contributed by atoms with Gasteiger partial charge >= 0.3 is 6.18 Å². The summed E-state index contributed by atoms with van der Waals surface area (Å²) >= 11 is 0. The highest BCUT2D eigenvalue weighted by Gasteiger charge is 2.61. The summed E-state index contributed by atoms with van der Waals surface area (Å²) in [6.45, 7) is 0.724. The third-order valence-corrected chi connectivity index (χ3v) is 5.30. The highest BCUT2D eigenvalue weighted by atomic mass is 19.4. The summed E-state index contributed by atoms with van der Waals surface area (Å²) in [4.78, 5) is 27.9. The Morgan fingerprint density at radius 2 is 1.97 bits per heavy atom. The molecular formula is C20H18F5N3O5. The molecule has 33 heavy (non-hydrogen) atoms. The van der Waals surface area contributed by atoms with Crippen LogP contribution in [0.25, 0.3) is 0 Å². The summed E-state index contributed by atoms with van der Waals surface area (Å²) in [7, 11) is 1.00. The summed E-state index contributed by atoms with van der Waals surface area (Å²) in [5.74, 6) is -7.04. The SMILES string of the molecule is COc1c(C2CC(C)(C(F)(F)F)OC2C(=O)N=c2ccn(O)c(C(N)=O)c2)ccc(F)c1F. The van der Waals surface area contributed by atoms with E-state index in [4.69, 9.17) is 15.2 Å². The van der Waals surface area contributed by atoms with Gasteiger partial charge in [-0.3, -0.25) is 9.59 Å². The van der Waals surface area contributed by atoms with Crippen molar-refractivity contribution in [2.75, 3.05) is 7.11 Å². The molecule has 8 nitrogen and oxygen atoms in total. The van der Waals surface area contributed by atoms with Gasteiger partial charge in [-0.1, -0.05) is 6.07 Å². The van der Waals surface area contributed by atoms with E-state index in [1.165, 1.54) is 0 Å². The second-order valence-corrected chi connectivity index (χ2v) is 7.49. The molecule has 0 bridgehead atoms. The van der Waals surface area contributed by atoms with Gasteiger partial charge < -0.3 is 20.4 Å². The van der Waals surface area contributed by atoms with Crippen molar-refractivity contribution in [2.45, 2.75) is 37.1 Å². The highest BCUT2D eigenvalue weighted by Crippen LogP contribution is 2.51. The molecule has 3 N–H and O–H groups in total. The third-order valence-electron chi connectivity index (χ3n) is 5.30. The molecule has 1 aliphatic rings. The molecule has 0 aliphatic carbocycles. The lowest BCUT2D eigenvalue weighted by molar-refractivity contribution is -0.262. The number of nitrogens with two attached hydrogens (primary N) is 1. The molecule has 2 heterocycles. The van der Waals surface area contributed by atoms with Crippen molar-refractivity contribution in [3.05, 3.63) is 58.7 Å². The maximum atomic E-state index is 14.2. The Labute approximate surface area is 183 Å².